The number of pyridine rings is 2. The molecular formula is C23H18FN3O3. The van der Waals surface area contributed by atoms with Gasteiger partial charge in [0, 0.05) is 35.2 Å². The predicted molar refractivity (Wildman–Crippen MR) is 111 cm³/mol. The van der Waals surface area contributed by atoms with Crippen molar-refractivity contribution in [3.63, 3.8) is 0 Å². The molecule has 2 aromatic carbocycles. The minimum absolute atomic E-state index is 0.144. The van der Waals surface area contributed by atoms with Crippen LogP contribution in [0.3, 0.4) is 0 Å². The molecule has 0 radical (unpaired) electrons. The highest BCUT2D eigenvalue weighted by Crippen LogP contribution is 2.21. The first-order valence-electron chi connectivity index (χ1n) is 9.22. The fourth-order valence-electron chi connectivity index (χ4n) is 3.23. The Labute approximate surface area is 171 Å². The van der Waals surface area contributed by atoms with Gasteiger partial charge in [-0.15, -0.1) is 0 Å². The van der Waals surface area contributed by atoms with Crippen LogP contribution in [0.5, 0.6) is 5.75 Å². The molecule has 0 aliphatic heterocycles. The first kappa shape index (κ1) is 19.3. The van der Waals surface area contributed by atoms with Gasteiger partial charge < -0.3 is 15.0 Å². The number of nitrogens with two attached hydrogens (primary N) is 1. The Hall–Kier alpha value is -4.00. The van der Waals surface area contributed by atoms with Gasteiger partial charge in [0.25, 0.3) is 5.91 Å². The summed E-state index contributed by atoms with van der Waals surface area (Å²) in [5.41, 5.74) is 7.57. The number of halogens is 1. The van der Waals surface area contributed by atoms with Crippen LogP contribution in [-0.2, 0) is 6.61 Å². The average Bonchev–Trinajstić information content (AvgIpc) is 2.73. The van der Waals surface area contributed by atoms with Gasteiger partial charge in [-0.1, -0.05) is 6.07 Å². The summed E-state index contributed by atoms with van der Waals surface area (Å²) < 4.78 is 20.8. The number of hydrogen-bond acceptors (Lipinski definition) is 4. The van der Waals surface area contributed by atoms with Crippen molar-refractivity contribution in [2.45, 2.75) is 13.5 Å². The van der Waals surface area contributed by atoms with E-state index in [2.05, 4.69) is 4.98 Å². The van der Waals surface area contributed by atoms with E-state index in [0.717, 1.165) is 11.3 Å². The van der Waals surface area contributed by atoms with Gasteiger partial charge in [0.05, 0.1) is 5.52 Å². The van der Waals surface area contributed by atoms with Gasteiger partial charge in [-0.25, -0.2) is 4.39 Å². The summed E-state index contributed by atoms with van der Waals surface area (Å²) in [6, 6.07) is 14.6. The van der Waals surface area contributed by atoms with Crippen LogP contribution in [0.2, 0.25) is 0 Å². The Bertz CT molecular complexity index is 1310. The maximum Gasteiger partial charge on any atom is 0.254 e. The molecule has 0 saturated carbocycles. The Morgan fingerprint density at radius 2 is 1.90 bits per heavy atom. The molecule has 0 spiro atoms. The Balaban J connectivity index is 1.80. The molecule has 0 aliphatic carbocycles. The fraction of sp³-hybridized carbons (Fsp3) is 0.0870. The number of ether oxygens (including phenoxy) is 1. The number of benzene rings is 2. The molecule has 30 heavy (non-hydrogen) atoms. The molecule has 2 aromatic heterocycles. The predicted octanol–water partition coefficient (Wildman–Crippen LogP) is 3.51. The van der Waals surface area contributed by atoms with Crippen molar-refractivity contribution >= 4 is 16.8 Å². The van der Waals surface area contributed by atoms with Gasteiger partial charge in [0.1, 0.15) is 23.7 Å². The maximum atomic E-state index is 13.3. The summed E-state index contributed by atoms with van der Waals surface area (Å²) in [6.45, 7) is 2.10. The Morgan fingerprint density at radius 3 is 2.60 bits per heavy atom. The van der Waals surface area contributed by atoms with Gasteiger partial charge >= 0.3 is 0 Å². The highest BCUT2D eigenvalue weighted by Gasteiger charge is 2.15. The summed E-state index contributed by atoms with van der Waals surface area (Å²) in [7, 11) is 0. The molecule has 0 aliphatic rings. The second-order valence-corrected chi connectivity index (χ2v) is 6.86. The Morgan fingerprint density at radius 1 is 1.13 bits per heavy atom. The SMILES string of the molecule is Cc1cc(OCc2ccc3c(c2)c(=O)c(C(N)=O)cn3-c2ccc(F)cc2)ccn1. The minimum atomic E-state index is -0.827. The largest absolute Gasteiger partial charge is 0.489 e. The highest BCUT2D eigenvalue weighted by atomic mass is 19.1. The maximum absolute atomic E-state index is 13.3. The van der Waals surface area contributed by atoms with E-state index in [1.165, 1.54) is 18.3 Å². The number of fused-ring (bicyclic) bond motifs is 1. The van der Waals surface area contributed by atoms with Crippen molar-refractivity contribution in [2.24, 2.45) is 5.73 Å². The fourth-order valence-corrected chi connectivity index (χ4v) is 3.23. The van der Waals surface area contributed by atoms with E-state index in [0.29, 0.717) is 22.3 Å². The van der Waals surface area contributed by atoms with E-state index in [9.17, 15) is 14.0 Å². The van der Waals surface area contributed by atoms with E-state index in [-0.39, 0.29) is 18.0 Å². The standard InChI is InChI=1S/C23H18FN3O3/c1-14-10-18(8-9-26-14)30-13-15-2-7-21-19(11-15)22(28)20(23(25)29)12-27(21)17-5-3-16(24)4-6-17/h2-12H,13H2,1H3,(H2,25,29). The van der Waals surface area contributed by atoms with E-state index >= 15 is 0 Å². The zero-order chi connectivity index (χ0) is 21.3. The van der Waals surface area contributed by atoms with Crippen LogP contribution in [0.25, 0.3) is 16.6 Å². The van der Waals surface area contributed by atoms with Crippen LogP contribution in [-0.4, -0.2) is 15.5 Å². The van der Waals surface area contributed by atoms with Gasteiger partial charge in [-0.2, -0.15) is 0 Å². The van der Waals surface area contributed by atoms with Crippen LogP contribution in [0, 0.1) is 12.7 Å². The van der Waals surface area contributed by atoms with E-state index in [1.807, 2.05) is 19.1 Å². The summed E-state index contributed by atoms with van der Waals surface area (Å²) >= 11 is 0. The van der Waals surface area contributed by atoms with Crippen molar-refractivity contribution < 1.29 is 13.9 Å². The van der Waals surface area contributed by atoms with Gasteiger partial charge in [0.15, 0.2) is 0 Å². The summed E-state index contributed by atoms with van der Waals surface area (Å²) in [6.07, 6.45) is 3.04. The zero-order valence-electron chi connectivity index (χ0n) is 16.1. The summed E-state index contributed by atoms with van der Waals surface area (Å²) in [4.78, 5) is 28.8. The third kappa shape index (κ3) is 3.77. The number of aromatic nitrogens is 2. The second-order valence-electron chi connectivity index (χ2n) is 6.86. The molecule has 2 heterocycles. The number of carbonyl (C=O) groups excluding carboxylic acids is 1. The van der Waals surface area contributed by atoms with Crippen molar-refractivity contribution in [3.05, 3.63) is 99.9 Å². The molecule has 0 bridgehead atoms. The van der Waals surface area contributed by atoms with Gasteiger partial charge in [0.2, 0.25) is 5.43 Å². The molecular weight excluding hydrogens is 385 g/mol. The van der Waals surface area contributed by atoms with E-state index < -0.39 is 11.3 Å². The van der Waals surface area contributed by atoms with Crippen LogP contribution in [0.15, 0.2) is 71.8 Å². The lowest BCUT2D eigenvalue weighted by Crippen LogP contribution is -2.24. The molecule has 2 N–H and O–H groups in total. The van der Waals surface area contributed by atoms with Crippen LogP contribution in [0.4, 0.5) is 4.39 Å². The van der Waals surface area contributed by atoms with E-state index in [4.69, 9.17) is 10.5 Å². The average molecular weight is 403 g/mol. The van der Waals surface area contributed by atoms with Crippen molar-refractivity contribution in [3.8, 4) is 11.4 Å². The van der Waals surface area contributed by atoms with E-state index in [1.54, 1.807) is 41.1 Å². The molecule has 1 amide bonds. The van der Waals surface area contributed by atoms with Crippen LogP contribution >= 0.6 is 0 Å². The smallest absolute Gasteiger partial charge is 0.254 e. The number of nitrogens with zero attached hydrogens (tertiary/aromatic N) is 2. The first-order valence-corrected chi connectivity index (χ1v) is 9.22. The Kier molecular flexibility index (Phi) is 5.02. The second kappa shape index (κ2) is 7.79. The quantitative estimate of drug-likeness (QED) is 0.552. The lowest BCUT2D eigenvalue weighted by molar-refractivity contribution is 0.0999. The zero-order valence-corrected chi connectivity index (χ0v) is 16.1. The number of rotatable bonds is 5. The number of aryl methyl sites for hydroxylation is 1. The van der Waals surface area contributed by atoms with Gasteiger partial charge in [-0.05, 0) is 55.0 Å². The van der Waals surface area contributed by atoms with Crippen molar-refractivity contribution in [1.82, 2.24) is 9.55 Å². The molecule has 0 unspecified atom stereocenters. The van der Waals surface area contributed by atoms with Crippen molar-refractivity contribution in [2.75, 3.05) is 0 Å². The number of primary amides is 1. The third-order valence-electron chi connectivity index (χ3n) is 4.71. The molecule has 150 valence electrons. The monoisotopic (exact) mass is 403 g/mol. The summed E-state index contributed by atoms with van der Waals surface area (Å²) in [5, 5.41) is 0.322. The molecule has 0 atom stereocenters. The molecule has 4 rings (SSSR count). The molecule has 0 saturated heterocycles. The molecule has 6 nitrogen and oxygen atoms in total. The normalized spacial score (nSPS) is 10.9. The number of carbonyl (C=O) groups is 1. The van der Waals surface area contributed by atoms with Crippen LogP contribution < -0.4 is 15.9 Å². The lowest BCUT2D eigenvalue weighted by Gasteiger charge is -2.14. The first-order chi connectivity index (χ1) is 14.4. The lowest BCUT2D eigenvalue weighted by atomic mass is 10.1. The molecule has 7 heteroatoms. The minimum Gasteiger partial charge on any atom is -0.489 e. The molecule has 4 aromatic rings. The van der Waals surface area contributed by atoms with Crippen LogP contribution in [0.1, 0.15) is 21.6 Å². The summed E-state index contributed by atoms with van der Waals surface area (Å²) in [5.74, 6) is -0.547. The highest BCUT2D eigenvalue weighted by molar-refractivity contribution is 5.96. The number of amides is 1. The third-order valence-corrected chi connectivity index (χ3v) is 4.71. The topological polar surface area (TPSA) is 87.2 Å². The van der Waals surface area contributed by atoms with Crippen molar-refractivity contribution in [1.29, 1.82) is 0 Å². The molecule has 0 fully saturated rings. The van der Waals surface area contributed by atoms with Gasteiger partial charge in [-0.3, -0.25) is 14.6 Å². The number of hydrogen-bond donors (Lipinski definition) is 1.